The van der Waals surface area contributed by atoms with E-state index in [1.54, 1.807) is 12.3 Å². The van der Waals surface area contributed by atoms with Gasteiger partial charge in [-0.2, -0.15) is 0 Å². The van der Waals surface area contributed by atoms with Gasteiger partial charge < -0.3 is 4.90 Å². The van der Waals surface area contributed by atoms with E-state index in [-0.39, 0.29) is 11.3 Å². The summed E-state index contributed by atoms with van der Waals surface area (Å²) in [6, 6.07) is 11.8. The molecule has 0 bridgehead atoms. The lowest BCUT2D eigenvalue weighted by atomic mass is 9.91. The molecule has 1 amide bonds. The number of hydrogen-bond acceptors (Lipinski definition) is 2. The second kappa shape index (κ2) is 4.99. The molecule has 2 heterocycles. The Labute approximate surface area is 125 Å². The number of hydrogen-bond donors (Lipinski definition) is 0. The van der Waals surface area contributed by atoms with Crippen molar-refractivity contribution in [2.24, 2.45) is 0 Å². The molecule has 1 aromatic heterocycles. The molecule has 0 saturated carbocycles. The molecule has 0 atom stereocenters. The highest BCUT2D eigenvalue weighted by Crippen LogP contribution is 2.29. The predicted octanol–water partition coefficient (Wildman–Crippen LogP) is 3.58. The summed E-state index contributed by atoms with van der Waals surface area (Å²) in [5.41, 5.74) is 3.89. The largest absolute Gasteiger partial charge is 0.308 e. The summed E-state index contributed by atoms with van der Waals surface area (Å²) >= 11 is 0. The van der Waals surface area contributed by atoms with Crippen LogP contribution in [0.4, 0.5) is 5.69 Å². The van der Waals surface area contributed by atoms with Gasteiger partial charge in [0.1, 0.15) is 0 Å². The third-order valence-corrected chi connectivity index (χ3v) is 3.91. The van der Waals surface area contributed by atoms with E-state index in [0.717, 1.165) is 24.3 Å². The van der Waals surface area contributed by atoms with Crippen LogP contribution in [-0.4, -0.2) is 17.4 Å². The van der Waals surface area contributed by atoms with Gasteiger partial charge in [-0.05, 0) is 30.2 Å². The summed E-state index contributed by atoms with van der Waals surface area (Å²) < 4.78 is 0. The van der Waals surface area contributed by atoms with Crippen LogP contribution in [0.3, 0.4) is 0 Å². The predicted molar refractivity (Wildman–Crippen MR) is 84.8 cm³/mol. The van der Waals surface area contributed by atoms with Crippen LogP contribution in [0.15, 0.2) is 42.6 Å². The average Bonchev–Trinajstić information content (AvgIpc) is 2.90. The van der Waals surface area contributed by atoms with Crippen LogP contribution >= 0.6 is 0 Å². The number of amides is 1. The van der Waals surface area contributed by atoms with E-state index in [1.165, 1.54) is 5.56 Å². The van der Waals surface area contributed by atoms with Gasteiger partial charge in [-0.1, -0.05) is 39.0 Å². The number of pyridine rings is 1. The number of para-hydroxylation sites is 1. The number of carbonyl (C=O) groups is 1. The van der Waals surface area contributed by atoms with Crippen molar-refractivity contribution in [1.29, 1.82) is 0 Å². The van der Waals surface area contributed by atoms with Crippen LogP contribution in [0.2, 0.25) is 0 Å². The second-order valence-corrected chi connectivity index (χ2v) is 6.52. The first kappa shape index (κ1) is 13.8. The molecule has 21 heavy (non-hydrogen) atoms. The third kappa shape index (κ3) is 2.56. The highest BCUT2D eigenvalue weighted by Gasteiger charge is 2.26. The Morgan fingerprint density at radius 2 is 1.95 bits per heavy atom. The molecule has 0 radical (unpaired) electrons. The molecule has 0 N–H and O–H groups in total. The van der Waals surface area contributed by atoms with E-state index >= 15 is 0 Å². The maximum atomic E-state index is 12.8. The molecule has 0 saturated heterocycles. The standard InChI is InChI=1S/C18H20N2O/c1-18(2,3)16-12-14(8-10-19-16)17(21)20-11-9-13-6-4-5-7-15(13)20/h4-8,10,12H,9,11H2,1-3H3. The second-order valence-electron chi connectivity index (χ2n) is 6.52. The molecule has 1 aliphatic heterocycles. The highest BCUT2D eigenvalue weighted by atomic mass is 16.2. The van der Waals surface area contributed by atoms with Crippen molar-refractivity contribution in [3.05, 3.63) is 59.4 Å². The molecule has 0 unspecified atom stereocenters. The lowest BCUT2D eigenvalue weighted by Gasteiger charge is -2.20. The van der Waals surface area contributed by atoms with Gasteiger partial charge >= 0.3 is 0 Å². The highest BCUT2D eigenvalue weighted by molar-refractivity contribution is 6.07. The van der Waals surface area contributed by atoms with E-state index in [1.807, 2.05) is 29.2 Å². The topological polar surface area (TPSA) is 33.2 Å². The van der Waals surface area contributed by atoms with Crippen LogP contribution in [-0.2, 0) is 11.8 Å². The summed E-state index contributed by atoms with van der Waals surface area (Å²) in [6.45, 7) is 7.07. The van der Waals surface area contributed by atoms with Crippen molar-refractivity contribution >= 4 is 11.6 Å². The summed E-state index contributed by atoms with van der Waals surface area (Å²) in [4.78, 5) is 19.1. The number of carbonyl (C=O) groups excluding carboxylic acids is 1. The first-order chi connectivity index (χ1) is 9.97. The monoisotopic (exact) mass is 280 g/mol. The van der Waals surface area contributed by atoms with Gasteiger partial charge in [-0.15, -0.1) is 0 Å². The molecule has 0 fully saturated rings. The lowest BCUT2D eigenvalue weighted by Crippen LogP contribution is -2.29. The summed E-state index contributed by atoms with van der Waals surface area (Å²) in [7, 11) is 0. The van der Waals surface area contributed by atoms with Gasteiger partial charge in [0.05, 0.1) is 0 Å². The van der Waals surface area contributed by atoms with Crippen LogP contribution < -0.4 is 4.90 Å². The first-order valence-electron chi connectivity index (χ1n) is 7.33. The minimum Gasteiger partial charge on any atom is -0.308 e. The molecular weight excluding hydrogens is 260 g/mol. The van der Waals surface area contributed by atoms with Crippen LogP contribution in [0.25, 0.3) is 0 Å². The number of benzene rings is 1. The van der Waals surface area contributed by atoms with Gasteiger partial charge in [0.25, 0.3) is 5.91 Å². The fraction of sp³-hybridized carbons (Fsp3) is 0.333. The van der Waals surface area contributed by atoms with Crippen LogP contribution in [0.1, 0.15) is 42.4 Å². The smallest absolute Gasteiger partial charge is 0.258 e. The fourth-order valence-electron chi connectivity index (χ4n) is 2.68. The molecule has 3 rings (SSSR count). The van der Waals surface area contributed by atoms with Crippen molar-refractivity contribution in [3.8, 4) is 0 Å². The number of fused-ring (bicyclic) bond motifs is 1. The SMILES string of the molecule is CC(C)(C)c1cc(C(=O)N2CCc3ccccc32)ccn1. The Morgan fingerprint density at radius 3 is 2.71 bits per heavy atom. The number of nitrogens with zero attached hydrogens (tertiary/aromatic N) is 2. The normalized spacial score (nSPS) is 14.1. The van der Waals surface area contributed by atoms with Gasteiger partial charge in [-0.25, -0.2) is 0 Å². The Bertz CT molecular complexity index is 686. The van der Waals surface area contributed by atoms with E-state index < -0.39 is 0 Å². The van der Waals surface area contributed by atoms with E-state index in [0.29, 0.717) is 5.56 Å². The fourth-order valence-corrected chi connectivity index (χ4v) is 2.68. The van der Waals surface area contributed by atoms with Crippen molar-refractivity contribution < 1.29 is 4.79 Å². The zero-order valence-corrected chi connectivity index (χ0v) is 12.8. The Balaban J connectivity index is 1.94. The molecule has 0 spiro atoms. The molecule has 1 aromatic carbocycles. The van der Waals surface area contributed by atoms with E-state index in [2.05, 4.69) is 31.8 Å². The lowest BCUT2D eigenvalue weighted by molar-refractivity contribution is 0.0989. The number of rotatable bonds is 1. The molecule has 3 nitrogen and oxygen atoms in total. The quantitative estimate of drug-likeness (QED) is 0.800. The molecule has 108 valence electrons. The Hall–Kier alpha value is -2.16. The summed E-state index contributed by atoms with van der Waals surface area (Å²) in [6.07, 6.45) is 2.66. The van der Waals surface area contributed by atoms with Crippen molar-refractivity contribution in [3.63, 3.8) is 0 Å². The van der Waals surface area contributed by atoms with Gasteiger partial charge in [0, 0.05) is 35.1 Å². The molecule has 2 aromatic rings. The third-order valence-electron chi connectivity index (χ3n) is 3.91. The maximum Gasteiger partial charge on any atom is 0.258 e. The van der Waals surface area contributed by atoms with Crippen LogP contribution in [0.5, 0.6) is 0 Å². The minimum absolute atomic E-state index is 0.0563. The zero-order valence-electron chi connectivity index (χ0n) is 12.8. The number of anilines is 1. The van der Waals surface area contributed by atoms with Crippen molar-refractivity contribution in [2.75, 3.05) is 11.4 Å². The minimum atomic E-state index is -0.0563. The van der Waals surface area contributed by atoms with Gasteiger partial charge in [0.2, 0.25) is 0 Å². The van der Waals surface area contributed by atoms with Crippen molar-refractivity contribution in [2.45, 2.75) is 32.6 Å². The molecule has 1 aliphatic rings. The number of aromatic nitrogens is 1. The van der Waals surface area contributed by atoms with Crippen molar-refractivity contribution in [1.82, 2.24) is 4.98 Å². The Kier molecular flexibility index (Phi) is 3.28. The van der Waals surface area contributed by atoms with Gasteiger partial charge in [-0.3, -0.25) is 9.78 Å². The Morgan fingerprint density at radius 1 is 1.19 bits per heavy atom. The van der Waals surface area contributed by atoms with Crippen LogP contribution in [0, 0.1) is 0 Å². The maximum absolute atomic E-state index is 12.8. The average molecular weight is 280 g/mol. The van der Waals surface area contributed by atoms with Gasteiger partial charge in [0.15, 0.2) is 0 Å². The summed E-state index contributed by atoms with van der Waals surface area (Å²) in [5, 5.41) is 0. The molecule has 0 aliphatic carbocycles. The molecular formula is C18H20N2O. The summed E-state index contributed by atoms with van der Waals surface area (Å²) in [5.74, 6) is 0.0628. The van der Waals surface area contributed by atoms with E-state index in [4.69, 9.17) is 0 Å². The molecule has 3 heteroatoms. The van der Waals surface area contributed by atoms with E-state index in [9.17, 15) is 4.79 Å². The first-order valence-corrected chi connectivity index (χ1v) is 7.33. The zero-order chi connectivity index (χ0) is 15.0.